The number of imidazole rings is 1. The molecule has 0 aromatic carbocycles. The number of aliphatic hydroxyl groups is 1. The van der Waals surface area contributed by atoms with Crippen LogP contribution in [0.2, 0.25) is 0 Å². The minimum atomic E-state index is -1.45. The number of H-pyrrole nitrogens is 1. The van der Waals surface area contributed by atoms with Crippen LogP contribution in [0.25, 0.3) is 0 Å². The molecule has 0 fully saturated rings. The molecule has 0 aliphatic carbocycles. The zero-order valence-corrected chi connectivity index (χ0v) is 18.7. The molecule has 0 aliphatic heterocycles. The maximum absolute atomic E-state index is 12.6. The first-order chi connectivity index (χ1) is 15.5. The summed E-state index contributed by atoms with van der Waals surface area (Å²) in [7, 11) is 0. The van der Waals surface area contributed by atoms with Gasteiger partial charge in [-0.25, -0.2) is 9.78 Å². The molecule has 0 bridgehead atoms. The molecule has 5 unspecified atom stereocenters. The van der Waals surface area contributed by atoms with Gasteiger partial charge in [0.2, 0.25) is 23.6 Å². The SMILES string of the molecule is CC(O)C(NC(=O)C(N)Cc1cnc[nH]1)C(=O)NC(CS)C(=O)NC(CCC(N)=O)C(=O)O. The molecule has 4 amide bonds. The van der Waals surface area contributed by atoms with Crippen molar-refractivity contribution < 1.29 is 34.2 Å². The summed E-state index contributed by atoms with van der Waals surface area (Å²) in [5, 5.41) is 26.0. The number of aromatic nitrogens is 2. The maximum atomic E-state index is 12.6. The van der Waals surface area contributed by atoms with E-state index in [9.17, 15) is 34.2 Å². The zero-order valence-electron chi connectivity index (χ0n) is 17.9. The second kappa shape index (κ2) is 13.4. The van der Waals surface area contributed by atoms with Crippen LogP contribution < -0.4 is 27.4 Å². The Morgan fingerprint density at radius 3 is 2.24 bits per heavy atom. The highest BCUT2D eigenvalue weighted by atomic mass is 32.1. The van der Waals surface area contributed by atoms with E-state index in [0.717, 1.165) is 0 Å². The fourth-order valence-electron chi connectivity index (χ4n) is 2.66. The van der Waals surface area contributed by atoms with E-state index in [2.05, 4.69) is 38.5 Å². The summed E-state index contributed by atoms with van der Waals surface area (Å²) in [6.07, 6.45) is 1.13. The Balaban J connectivity index is 2.77. The number of carbonyl (C=O) groups is 5. The van der Waals surface area contributed by atoms with Crippen LogP contribution >= 0.6 is 12.6 Å². The number of carboxylic acids is 1. The Hall–Kier alpha value is -3.17. The second-order valence-corrected chi connectivity index (χ2v) is 7.63. The molecule has 33 heavy (non-hydrogen) atoms. The molecule has 0 saturated heterocycles. The Morgan fingerprint density at radius 1 is 1.12 bits per heavy atom. The molecule has 0 spiro atoms. The quantitative estimate of drug-likeness (QED) is 0.117. The Morgan fingerprint density at radius 2 is 1.76 bits per heavy atom. The number of nitrogens with zero attached hydrogens (tertiary/aromatic N) is 1. The molecule has 14 nitrogen and oxygen atoms in total. The molecule has 1 heterocycles. The van der Waals surface area contributed by atoms with Crippen molar-refractivity contribution in [3.8, 4) is 0 Å². The molecular formula is C18H29N7O7S. The van der Waals surface area contributed by atoms with Gasteiger partial charge in [0, 0.05) is 30.5 Å². The van der Waals surface area contributed by atoms with Crippen molar-refractivity contribution in [3.63, 3.8) is 0 Å². The van der Waals surface area contributed by atoms with E-state index in [1.54, 1.807) is 0 Å². The lowest BCUT2D eigenvalue weighted by atomic mass is 10.1. The fraction of sp³-hybridized carbons (Fsp3) is 0.556. The van der Waals surface area contributed by atoms with Gasteiger partial charge in [-0.2, -0.15) is 12.6 Å². The van der Waals surface area contributed by atoms with Crippen molar-refractivity contribution in [2.75, 3.05) is 5.75 Å². The summed E-state index contributed by atoms with van der Waals surface area (Å²) in [5.74, 6) is -4.88. The van der Waals surface area contributed by atoms with Crippen LogP contribution in [0.3, 0.4) is 0 Å². The Bertz CT molecular complexity index is 834. The zero-order chi connectivity index (χ0) is 25.1. The number of carboxylic acid groups (broad SMARTS) is 1. The number of hydrogen-bond donors (Lipinski definition) is 9. The molecule has 1 rings (SSSR count). The third-order valence-corrected chi connectivity index (χ3v) is 4.87. The van der Waals surface area contributed by atoms with E-state index in [1.807, 2.05) is 0 Å². The Kier molecular flexibility index (Phi) is 11.3. The number of aliphatic carboxylic acids is 1. The van der Waals surface area contributed by atoms with E-state index in [0.29, 0.717) is 5.69 Å². The third kappa shape index (κ3) is 9.46. The van der Waals surface area contributed by atoms with Gasteiger partial charge < -0.3 is 42.6 Å². The summed E-state index contributed by atoms with van der Waals surface area (Å²) < 4.78 is 0. The number of hydrogen-bond acceptors (Lipinski definition) is 9. The van der Waals surface area contributed by atoms with Crippen LogP contribution in [-0.2, 0) is 30.4 Å². The van der Waals surface area contributed by atoms with Gasteiger partial charge in [0.25, 0.3) is 0 Å². The van der Waals surface area contributed by atoms with Gasteiger partial charge in [-0.3, -0.25) is 19.2 Å². The number of aliphatic hydroxyl groups excluding tert-OH is 1. The highest BCUT2D eigenvalue weighted by molar-refractivity contribution is 7.80. The normalized spacial score (nSPS) is 15.4. The number of amides is 4. The molecule has 184 valence electrons. The highest BCUT2D eigenvalue weighted by Crippen LogP contribution is 2.02. The first kappa shape index (κ1) is 27.9. The lowest BCUT2D eigenvalue weighted by Gasteiger charge is -2.25. The van der Waals surface area contributed by atoms with Crippen LogP contribution in [-0.4, -0.2) is 85.8 Å². The van der Waals surface area contributed by atoms with Gasteiger partial charge in [0.1, 0.15) is 18.1 Å². The van der Waals surface area contributed by atoms with Crippen molar-refractivity contribution in [2.45, 2.75) is 56.5 Å². The van der Waals surface area contributed by atoms with Crippen LogP contribution in [0.15, 0.2) is 12.5 Å². The van der Waals surface area contributed by atoms with Crippen LogP contribution in [0.4, 0.5) is 0 Å². The number of thiol groups is 1. The lowest BCUT2D eigenvalue weighted by molar-refractivity contribution is -0.142. The van der Waals surface area contributed by atoms with Crippen molar-refractivity contribution in [1.29, 1.82) is 0 Å². The summed E-state index contributed by atoms with van der Waals surface area (Å²) in [5.41, 5.74) is 11.4. The number of primary amides is 1. The topological polar surface area (TPSA) is 243 Å². The molecule has 10 N–H and O–H groups in total. The van der Waals surface area contributed by atoms with Crippen molar-refractivity contribution in [3.05, 3.63) is 18.2 Å². The van der Waals surface area contributed by atoms with E-state index in [-0.39, 0.29) is 25.0 Å². The first-order valence-corrected chi connectivity index (χ1v) is 10.5. The fourth-order valence-corrected chi connectivity index (χ4v) is 2.92. The summed E-state index contributed by atoms with van der Waals surface area (Å²) >= 11 is 3.98. The Labute approximate surface area is 194 Å². The van der Waals surface area contributed by atoms with Crippen molar-refractivity contribution >= 4 is 42.2 Å². The molecule has 0 saturated carbocycles. The standard InChI is InChI=1S/C18H29N7O7S/c1-8(26)14(25-15(28)10(19)4-9-5-21-7-22-9)17(30)24-12(6-33)16(29)23-11(18(31)32)2-3-13(20)27/h5,7-8,10-12,14,26,33H,2-4,6,19H2,1H3,(H2,20,27)(H,21,22)(H,23,29)(H,24,30)(H,25,28)(H,31,32). The van der Waals surface area contributed by atoms with Gasteiger partial charge in [0.05, 0.1) is 18.5 Å². The van der Waals surface area contributed by atoms with E-state index in [1.165, 1.54) is 19.4 Å². The molecule has 15 heteroatoms. The molecule has 1 aromatic heterocycles. The average molecular weight is 488 g/mol. The van der Waals surface area contributed by atoms with Crippen LogP contribution in [0.5, 0.6) is 0 Å². The van der Waals surface area contributed by atoms with Gasteiger partial charge in [-0.15, -0.1) is 0 Å². The van der Waals surface area contributed by atoms with E-state index < -0.39 is 59.9 Å². The minimum Gasteiger partial charge on any atom is -0.480 e. The van der Waals surface area contributed by atoms with Gasteiger partial charge >= 0.3 is 5.97 Å². The van der Waals surface area contributed by atoms with Crippen LogP contribution in [0, 0.1) is 0 Å². The number of nitrogens with one attached hydrogen (secondary N) is 4. The van der Waals surface area contributed by atoms with Crippen LogP contribution in [0.1, 0.15) is 25.5 Å². The summed E-state index contributed by atoms with van der Waals surface area (Å²) in [6.45, 7) is 1.25. The molecule has 0 radical (unpaired) electrons. The van der Waals surface area contributed by atoms with E-state index >= 15 is 0 Å². The third-order valence-electron chi connectivity index (χ3n) is 4.50. The minimum absolute atomic E-state index is 0.101. The average Bonchev–Trinajstić information content (AvgIpc) is 3.24. The number of nitrogens with two attached hydrogens (primary N) is 2. The maximum Gasteiger partial charge on any atom is 0.326 e. The lowest BCUT2D eigenvalue weighted by Crippen LogP contribution is -2.60. The monoisotopic (exact) mass is 487 g/mol. The largest absolute Gasteiger partial charge is 0.480 e. The van der Waals surface area contributed by atoms with Gasteiger partial charge in [-0.05, 0) is 13.3 Å². The molecule has 0 aliphatic rings. The van der Waals surface area contributed by atoms with E-state index in [4.69, 9.17) is 11.5 Å². The second-order valence-electron chi connectivity index (χ2n) is 7.26. The molecular weight excluding hydrogens is 458 g/mol. The van der Waals surface area contributed by atoms with Gasteiger partial charge in [0.15, 0.2) is 0 Å². The summed E-state index contributed by atoms with van der Waals surface area (Å²) in [6, 6.07) is -5.22. The summed E-state index contributed by atoms with van der Waals surface area (Å²) in [4.78, 5) is 66.2. The predicted octanol–water partition coefficient (Wildman–Crippen LogP) is -3.61. The van der Waals surface area contributed by atoms with Gasteiger partial charge in [-0.1, -0.05) is 0 Å². The predicted molar refractivity (Wildman–Crippen MR) is 118 cm³/mol. The van der Waals surface area contributed by atoms with Crippen molar-refractivity contribution in [1.82, 2.24) is 25.9 Å². The molecule has 5 atom stereocenters. The first-order valence-electron chi connectivity index (χ1n) is 9.90. The number of aromatic amines is 1. The highest BCUT2D eigenvalue weighted by Gasteiger charge is 2.32. The number of carbonyl (C=O) groups excluding carboxylic acids is 4. The van der Waals surface area contributed by atoms with Crippen molar-refractivity contribution in [2.24, 2.45) is 11.5 Å². The number of rotatable bonds is 14. The molecule has 1 aromatic rings. The smallest absolute Gasteiger partial charge is 0.326 e.